The zero-order valence-corrected chi connectivity index (χ0v) is 12.5. The molecule has 0 aliphatic rings. The van der Waals surface area contributed by atoms with Gasteiger partial charge in [0.15, 0.2) is 5.96 Å². The van der Waals surface area contributed by atoms with Gasteiger partial charge in [0, 0.05) is 20.1 Å². The minimum Gasteiger partial charge on any atom is -0.356 e. The summed E-state index contributed by atoms with van der Waals surface area (Å²) in [5.41, 5.74) is 1.33. The average Bonchev–Trinajstić information content (AvgIpc) is 2.35. The summed E-state index contributed by atoms with van der Waals surface area (Å²) in [7, 11) is 1.76. The van der Waals surface area contributed by atoms with E-state index in [9.17, 15) is 0 Å². The molecule has 3 nitrogen and oxygen atoms in total. The summed E-state index contributed by atoms with van der Waals surface area (Å²) >= 11 is 0. The van der Waals surface area contributed by atoms with E-state index >= 15 is 0 Å². The maximum atomic E-state index is 4.10. The first kappa shape index (κ1) is 16.0. The van der Waals surface area contributed by atoms with Crippen molar-refractivity contribution in [2.24, 2.45) is 4.99 Å². The molecular formula is C13H20IN3. The molecule has 0 unspecified atom stereocenters. The summed E-state index contributed by atoms with van der Waals surface area (Å²) in [6.45, 7) is 5.25. The van der Waals surface area contributed by atoms with Crippen LogP contribution in [0.5, 0.6) is 0 Å². The molecule has 0 aromatic heterocycles. The maximum Gasteiger partial charge on any atom is 0.191 e. The van der Waals surface area contributed by atoms with Gasteiger partial charge in [0.2, 0.25) is 0 Å². The van der Waals surface area contributed by atoms with Crippen LogP contribution in [0.2, 0.25) is 0 Å². The lowest BCUT2D eigenvalue weighted by Crippen LogP contribution is -2.38. The molecule has 4 heteroatoms. The van der Waals surface area contributed by atoms with Gasteiger partial charge in [0.05, 0.1) is 0 Å². The molecule has 1 aromatic carbocycles. The second-order valence-corrected chi connectivity index (χ2v) is 3.40. The number of rotatable bonds is 5. The molecule has 0 radical (unpaired) electrons. The normalized spacial score (nSPS) is 10.3. The van der Waals surface area contributed by atoms with Crippen molar-refractivity contribution >= 4 is 29.9 Å². The van der Waals surface area contributed by atoms with Gasteiger partial charge in [-0.15, -0.1) is 30.6 Å². The van der Waals surface area contributed by atoms with Crippen LogP contribution in [0.4, 0.5) is 0 Å². The number of nitrogens with one attached hydrogen (secondary N) is 2. The summed E-state index contributed by atoms with van der Waals surface area (Å²) in [6, 6.07) is 10.4. The topological polar surface area (TPSA) is 36.4 Å². The standard InChI is InChI=1S/C13H19N3.HI/c1-3-10-15-13(14-2)16-11-9-12-7-5-4-6-8-12;/h3-8H,1,9-11H2,2H3,(H2,14,15,16);1H. The maximum absolute atomic E-state index is 4.10. The molecule has 94 valence electrons. The Balaban J connectivity index is 0.00000256. The lowest BCUT2D eigenvalue weighted by Gasteiger charge is -2.10. The van der Waals surface area contributed by atoms with Crippen molar-refractivity contribution in [3.63, 3.8) is 0 Å². The van der Waals surface area contributed by atoms with Crippen molar-refractivity contribution in [1.82, 2.24) is 10.6 Å². The van der Waals surface area contributed by atoms with Crippen LogP contribution >= 0.6 is 24.0 Å². The molecule has 0 bridgehead atoms. The summed E-state index contributed by atoms with van der Waals surface area (Å²) in [4.78, 5) is 4.10. The summed E-state index contributed by atoms with van der Waals surface area (Å²) in [5.74, 6) is 0.816. The lowest BCUT2D eigenvalue weighted by atomic mass is 10.1. The third kappa shape index (κ3) is 6.99. The van der Waals surface area contributed by atoms with Crippen molar-refractivity contribution in [3.05, 3.63) is 48.6 Å². The second-order valence-electron chi connectivity index (χ2n) is 3.40. The molecule has 0 atom stereocenters. The molecule has 0 heterocycles. The van der Waals surface area contributed by atoms with E-state index in [0.29, 0.717) is 0 Å². The van der Waals surface area contributed by atoms with Gasteiger partial charge in [-0.3, -0.25) is 4.99 Å². The van der Waals surface area contributed by atoms with Gasteiger partial charge in [0.25, 0.3) is 0 Å². The summed E-state index contributed by atoms with van der Waals surface area (Å²) in [5, 5.41) is 6.37. The Morgan fingerprint density at radius 3 is 2.59 bits per heavy atom. The minimum atomic E-state index is 0. The molecule has 0 spiro atoms. The second kappa shape index (κ2) is 10.1. The molecule has 2 N–H and O–H groups in total. The SMILES string of the molecule is C=CCNC(=NC)NCCc1ccccc1.I. The van der Waals surface area contributed by atoms with E-state index in [4.69, 9.17) is 0 Å². The van der Waals surface area contributed by atoms with Crippen LogP contribution in [-0.4, -0.2) is 26.1 Å². The Morgan fingerprint density at radius 1 is 1.29 bits per heavy atom. The van der Waals surface area contributed by atoms with Gasteiger partial charge in [-0.05, 0) is 12.0 Å². The molecule has 0 saturated heterocycles. The number of aliphatic imine (C=N–C) groups is 1. The van der Waals surface area contributed by atoms with Crippen LogP contribution in [-0.2, 0) is 6.42 Å². The Morgan fingerprint density at radius 2 is 2.00 bits per heavy atom. The first-order valence-corrected chi connectivity index (χ1v) is 5.46. The Kier molecular flexibility index (Phi) is 9.52. The highest BCUT2D eigenvalue weighted by atomic mass is 127. The first-order chi connectivity index (χ1) is 7.86. The Bertz CT molecular complexity index is 336. The predicted octanol–water partition coefficient (Wildman–Crippen LogP) is 2.20. The number of halogens is 1. The third-order valence-electron chi connectivity index (χ3n) is 2.19. The van der Waals surface area contributed by atoms with Crippen LogP contribution < -0.4 is 10.6 Å². The van der Waals surface area contributed by atoms with Crippen molar-refractivity contribution in [1.29, 1.82) is 0 Å². The van der Waals surface area contributed by atoms with Gasteiger partial charge in [-0.1, -0.05) is 36.4 Å². The first-order valence-electron chi connectivity index (χ1n) is 5.46. The van der Waals surface area contributed by atoms with Gasteiger partial charge < -0.3 is 10.6 Å². The predicted molar refractivity (Wildman–Crippen MR) is 85.1 cm³/mol. The van der Waals surface area contributed by atoms with E-state index in [1.165, 1.54) is 5.56 Å². The summed E-state index contributed by atoms with van der Waals surface area (Å²) in [6.07, 6.45) is 2.81. The van der Waals surface area contributed by atoms with Gasteiger partial charge in [-0.2, -0.15) is 0 Å². The smallest absolute Gasteiger partial charge is 0.191 e. The monoisotopic (exact) mass is 345 g/mol. The van der Waals surface area contributed by atoms with E-state index < -0.39 is 0 Å². The quantitative estimate of drug-likeness (QED) is 0.372. The molecule has 0 saturated carbocycles. The van der Waals surface area contributed by atoms with E-state index in [-0.39, 0.29) is 24.0 Å². The Hall–Kier alpha value is -1.04. The third-order valence-corrected chi connectivity index (χ3v) is 2.19. The van der Waals surface area contributed by atoms with E-state index in [0.717, 1.165) is 25.5 Å². The summed E-state index contributed by atoms with van der Waals surface area (Å²) < 4.78 is 0. The molecule has 0 aliphatic heterocycles. The highest BCUT2D eigenvalue weighted by Gasteiger charge is 1.95. The van der Waals surface area contributed by atoms with Crippen LogP contribution in [0.1, 0.15) is 5.56 Å². The highest BCUT2D eigenvalue weighted by molar-refractivity contribution is 14.0. The van der Waals surface area contributed by atoms with Gasteiger partial charge in [0.1, 0.15) is 0 Å². The van der Waals surface area contributed by atoms with Crippen LogP contribution in [0.25, 0.3) is 0 Å². The van der Waals surface area contributed by atoms with E-state index in [2.05, 4.69) is 46.5 Å². The molecule has 1 aromatic rings. The fourth-order valence-electron chi connectivity index (χ4n) is 1.36. The number of guanidine groups is 1. The van der Waals surface area contributed by atoms with Crippen molar-refractivity contribution in [2.75, 3.05) is 20.1 Å². The van der Waals surface area contributed by atoms with Crippen LogP contribution in [0.3, 0.4) is 0 Å². The van der Waals surface area contributed by atoms with Gasteiger partial charge >= 0.3 is 0 Å². The van der Waals surface area contributed by atoms with Crippen LogP contribution in [0, 0.1) is 0 Å². The molecular weight excluding hydrogens is 325 g/mol. The fourth-order valence-corrected chi connectivity index (χ4v) is 1.36. The molecule has 0 fully saturated rings. The van der Waals surface area contributed by atoms with E-state index in [1.54, 1.807) is 7.05 Å². The lowest BCUT2D eigenvalue weighted by molar-refractivity contribution is 0.822. The van der Waals surface area contributed by atoms with Crippen LogP contribution in [0.15, 0.2) is 48.0 Å². The minimum absolute atomic E-state index is 0. The number of benzene rings is 1. The zero-order valence-electron chi connectivity index (χ0n) is 10.1. The van der Waals surface area contributed by atoms with Crippen molar-refractivity contribution in [3.8, 4) is 0 Å². The highest BCUT2D eigenvalue weighted by Crippen LogP contribution is 1.97. The van der Waals surface area contributed by atoms with E-state index in [1.807, 2.05) is 12.1 Å². The zero-order chi connectivity index (χ0) is 11.6. The number of hydrogen-bond donors (Lipinski definition) is 2. The number of nitrogens with zero attached hydrogens (tertiary/aromatic N) is 1. The molecule has 1 rings (SSSR count). The van der Waals surface area contributed by atoms with Crippen molar-refractivity contribution in [2.45, 2.75) is 6.42 Å². The Labute approximate surface area is 120 Å². The van der Waals surface area contributed by atoms with Gasteiger partial charge in [-0.25, -0.2) is 0 Å². The molecule has 0 amide bonds. The number of hydrogen-bond acceptors (Lipinski definition) is 1. The fraction of sp³-hybridized carbons (Fsp3) is 0.308. The molecule has 17 heavy (non-hydrogen) atoms. The average molecular weight is 345 g/mol. The largest absolute Gasteiger partial charge is 0.356 e. The molecule has 0 aliphatic carbocycles. The van der Waals surface area contributed by atoms with Crippen molar-refractivity contribution < 1.29 is 0 Å².